The second kappa shape index (κ2) is 4.05. The molecule has 0 aliphatic carbocycles. The molecule has 2 aliphatic rings. The summed E-state index contributed by atoms with van der Waals surface area (Å²) in [5.74, 6) is -0.926. The summed E-state index contributed by atoms with van der Waals surface area (Å²) >= 11 is 0. The first-order chi connectivity index (χ1) is 7.52. The smallest absolute Gasteiger partial charge is 0.308 e. The molecule has 0 aromatic carbocycles. The molecule has 0 aromatic heterocycles. The average molecular weight is 226 g/mol. The molecule has 5 nitrogen and oxygen atoms in total. The molecule has 2 saturated heterocycles. The fourth-order valence-corrected chi connectivity index (χ4v) is 2.85. The van der Waals surface area contributed by atoms with E-state index in [0.29, 0.717) is 6.42 Å². The number of carbonyl (C=O) groups is 2. The van der Waals surface area contributed by atoms with E-state index in [0.717, 1.165) is 19.5 Å². The Morgan fingerprint density at radius 2 is 2.06 bits per heavy atom. The predicted molar refractivity (Wildman–Crippen MR) is 58.0 cm³/mol. The van der Waals surface area contributed by atoms with Gasteiger partial charge in [-0.05, 0) is 19.8 Å². The maximum Gasteiger partial charge on any atom is 0.308 e. The molecule has 0 spiro atoms. The molecule has 1 N–H and O–H groups in total. The fourth-order valence-electron chi connectivity index (χ4n) is 2.85. The van der Waals surface area contributed by atoms with Crippen LogP contribution in [0.5, 0.6) is 0 Å². The molecule has 2 rings (SSSR count). The number of hydrogen-bond donors (Lipinski definition) is 1. The van der Waals surface area contributed by atoms with Crippen LogP contribution in [0.15, 0.2) is 0 Å². The van der Waals surface area contributed by atoms with Gasteiger partial charge in [0.25, 0.3) is 0 Å². The Labute approximate surface area is 95.0 Å². The van der Waals surface area contributed by atoms with Crippen LogP contribution in [0.3, 0.4) is 0 Å². The quantitative estimate of drug-likeness (QED) is 0.720. The molecule has 0 saturated carbocycles. The van der Waals surface area contributed by atoms with Crippen molar-refractivity contribution in [3.63, 3.8) is 0 Å². The minimum absolute atomic E-state index is 0.0297. The molecule has 16 heavy (non-hydrogen) atoms. The number of carbonyl (C=O) groups excluding carboxylic acids is 1. The molecule has 2 heterocycles. The summed E-state index contributed by atoms with van der Waals surface area (Å²) in [4.78, 5) is 26.6. The second-order valence-corrected chi connectivity index (χ2v) is 4.78. The Kier molecular flexibility index (Phi) is 2.88. The van der Waals surface area contributed by atoms with Crippen molar-refractivity contribution in [2.24, 2.45) is 5.92 Å². The van der Waals surface area contributed by atoms with Gasteiger partial charge in [-0.25, -0.2) is 0 Å². The van der Waals surface area contributed by atoms with Crippen LogP contribution in [0.2, 0.25) is 0 Å². The van der Waals surface area contributed by atoms with Crippen molar-refractivity contribution in [2.75, 3.05) is 20.1 Å². The molecule has 0 aromatic rings. The molecule has 3 atom stereocenters. The van der Waals surface area contributed by atoms with E-state index in [-0.39, 0.29) is 23.9 Å². The molecule has 0 bridgehead atoms. The third kappa shape index (κ3) is 1.69. The lowest BCUT2D eigenvalue weighted by atomic mass is 10.0. The van der Waals surface area contributed by atoms with Crippen LogP contribution in [0.4, 0.5) is 0 Å². The zero-order valence-corrected chi connectivity index (χ0v) is 9.72. The first kappa shape index (κ1) is 11.4. The van der Waals surface area contributed by atoms with E-state index < -0.39 is 5.97 Å². The van der Waals surface area contributed by atoms with E-state index >= 15 is 0 Å². The number of aliphatic carboxylic acids is 1. The lowest BCUT2D eigenvalue weighted by Crippen LogP contribution is -2.44. The summed E-state index contributed by atoms with van der Waals surface area (Å²) in [6.45, 7) is 3.42. The summed E-state index contributed by atoms with van der Waals surface area (Å²) in [6, 6.07) is -0.123. The Balaban J connectivity index is 2.07. The third-order valence-corrected chi connectivity index (χ3v) is 3.92. The number of likely N-dealkylation sites (tertiary alicyclic amines) is 2. The maximum atomic E-state index is 11.9. The monoisotopic (exact) mass is 226 g/mol. The van der Waals surface area contributed by atoms with Gasteiger partial charge in [-0.3, -0.25) is 14.5 Å². The molecule has 2 fully saturated rings. The number of rotatable bonds is 2. The van der Waals surface area contributed by atoms with E-state index in [2.05, 4.69) is 4.90 Å². The summed E-state index contributed by atoms with van der Waals surface area (Å²) in [7, 11) is 1.80. The molecule has 90 valence electrons. The molecule has 1 amide bonds. The van der Waals surface area contributed by atoms with Crippen molar-refractivity contribution >= 4 is 11.9 Å². The number of likely N-dealkylation sites (N-methyl/N-ethyl adjacent to an activating group) is 1. The Morgan fingerprint density at radius 3 is 2.50 bits per heavy atom. The molecule has 2 aliphatic heterocycles. The van der Waals surface area contributed by atoms with Crippen LogP contribution in [-0.2, 0) is 9.59 Å². The number of hydrogen-bond acceptors (Lipinski definition) is 3. The van der Waals surface area contributed by atoms with Gasteiger partial charge in [0.05, 0.1) is 12.0 Å². The van der Waals surface area contributed by atoms with Gasteiger partial charge in [-0.15, -0.1) is 0 Å². The predicted octanol–water partition coefficient (Wildman–Crippen LogP) is 0.0121. The summed E-state index contributed by atoms with van der Waals surface area (Å²) in [6.07, 6.45) is 1.48. The van der Waals surface area contributed by atoms with Crippen molar-refractivity contribution in [1.29, 1.82) is 0 Å². The number of carboxylic acids is 1. The van der Waals surface area contributed by atoms with Crippen LogP contribution in [0.25, 0.3) is 0 Å². The number of amides is 1. The Hall–Kier alpha value is -1.10. The van der Waals surface area contributed by atoms with Crippen molar-refractivity contribution in [2.45, 2.75) is 31.8 Å². The van der Waals surface area contributed by atoms with E-state index in [1.807, 2.05) is 6.92 Å². The van der Waals surface area contributed by atoms with Gasteiger partial charge in [-0.2, -0.15) is 0 Å². The topological polar surface area (TPSA) is 60.9 Å². The van der Waals surface area contributed by atoms with Crippen molar-refractivity contribution in [3.8, 4) is 0 Å². The standard InChI is InChI=1S/C11H18N2O3/c1-7-8(11(15)16)3-6-13(7)9-4-5-12(2)10(9)14/h7-9H,3-6H2,1-2H3,(H,15,16). The molecule has 0 radical (unpaired) electrons. The molecular formula is C11H18N2O3. The van der Waals surface area contributed by atoms with Crippen LogP contribution >= 0.6 is 0 Å². The zero-order chi connectivity index (χ0) is 11.9. The second-order valence-electron chi connectivity index (χ2n) is 4.78. The minimum atomic E-state index is -0.742. The first-order valence-electron chi connectivity index (χ1n) is 5.76. The van der Waals surface area contributed by atoms with Gasteiger partial charge < -0.3 is 10.0 Å². The van der Waals surface area contributed by atoms with Crippen molar-refractivity contribution in [1.82, 2.24) is 9.80 Å². The number of carboxylic acid groups (broad SMARTS) is 1. The van der Waals surface area contributed by atoms with Crippen LogP contribution in [0, 0.1) is 5.92 Å². The van der Waals surface area contributed by atoms with Gasteiger partial charge in [0.1, 0.15) is 0 Å². The average Bonchev–Trinajstić information content (AvgIpc) is 2.73. The molecular weight excluding hydrogens is 208 g/mol. The van der Waals surface area contributed by atoms with Crippen LogP contribution in [-0.4, -0.2) is 59.0 Å². The normalized spacial score (nSPS) is 36.0. The van der Waals surface area contributed by atoms with Gasteiger partial charge in [0, 0.05) is 26.2 Å². The highest BCUT2D eigenvalue weighted by molar-refractivity contribution is 5.84. The molecule has 5 heteroatoms. The summed E-state index contributed by atoms with van der Waals surface area (Å²) < 4.78 is 0. The van der Waals surface area contributed by atoms with Gasteiger partial charge in [0.2, 0.25) is 5.91 Å². The lowest BCUT2D eigenvalue weighted by Gasteiger charge is -2.27. The largest absolute Gasteiger partial charge is 0.481 e. The van der Waals surface area contributed by atoms with E-state index in [1.54, 1.807) is 11.9 Å². The zero-order valence-electron chi connectivity index (χ0n) is 9.72. The highest BCUT2D eigenvalue weighted by Gasteiger charge is 2.43. The first-order valence-corrected chi connectivity index (χ1v) is 5.76. The highest BCUT2D eigenvalue weighted by Crippen LogP contribution is 2.29. The van der Waals surface area contributed by atoms with Gasteiger partial charge >= 0.3 is 5.97 Å². The van der Waals surface area contributed by atoms with Crippen LogP contribution < -0.4 is 0 Å². The molecule has 3 unspecified atom stereocenters. The fraction of sp³-hybridized carbons (Fsp3) is 0.818. The van der Waals surface area contributed by atoms with E-state index in [1.165, 1.54) is 0 Å². The van der Waals surface area contributed by atoms with Crippen molar-refractivity contribution in [3.05, 3.63) is 0 Å². The van der Waals surface area contributed by atoms with Crippen molar-refractivity contribution < 1.29 is 14.7 Å². The highest BCUT2D eigenvalue weighted by atomic mass is 16.4. The Morgan fingerprint density at radius 1 is 1.38 bits per heavy atom. The number of nitrogens with zero attached hydrogens (tertiary/aromatic N) is 2. The summed E-state index contributed by atoms with van der Waals surface area (Å²) in [5.41, 5.74) is 0. The lowest BCUT2D eigenvalue weighted by molar-refractivity contribution is -0.143. The third-order valence-electron chi connectivity index (χ3n) is 3.92. The van der Waals surface area contributed by atoms with Crippen LogP contribution in [0.1, 0.15) is 19.8 Å². The SMILES string of the molecule is CC1C(C(=O)O)CCN1C1CCN(C)C1=O. The van der Waals surface area contributed by atoms with E-state index in [9.17, 15) is 9.59 Å². The van der Waals surface area contributed by atoms with Gasteiger partial charge in [0.15, 0.2) is 0 Å². The summed E-state index contributed by atoms with van der Waals surface area (Å²) in [5, 5.41) is 9.04. The van der Waals surface area contributed by atoms with E-state index in [4.69, 9.17) is 5.11 Å². The minimum Gasteiger partial charge on any atom is -0.481 e. The maximum absolute atomic E-state index is 11.9. The Bertz CT molecular complexity index is 318. The van der Waals surface area contributed by atoms with Gasteiger partial charge in [-0.1, -0.05) is 0 Å².